The van der Waals surface area contributed by atoms with Gasteiger partial charge in [-0.05, 0) is 51.5 Å². The Labute approximate surface area is 151 Å². The maximum Gasteiger partial charge on any atom is 0.325 e. The van der Waals surface area contributed by atoms with Gasteiger partial charge in [-0.15, -0.1) is 0 Å². The van der Waals surface area contributed by atoms with Crippen LogP contribution in [0.25, 0.3) is 6.08 Å². The average Bonchev–Trinajstić information content (AvgIpc) is 2.81. The quantitative estimate of drug-likeness (QED) is 0.539. The van der Waals surface area contributed by atoms with Crippen molar-refractivity contribution in [3.63, 3.8) is 0 Å². The molecule has 1 aliphatic rings. The molecule has 0 bridgehead atoms. The van der Waals surface area contributed by atoms with Gasteiger partial charge in [0.25, 0.3) is 11.1 Å². The topological polar surface area (TPSA) is 82.1 Å². The molecule has 1 aliphatic heterocycles. The fraction of sp³-hybridized carbons (Fsp3) is 0.267. The number of hydrogen-bond acceptors (Lipinski definition) is 7. The average molecular weight is 416 g/mol. The van der Waals surface area contributed by atoms with Crippen LogP contribution in [-0.2, 0) is 14.3 Å². The summed E-state index contributed by atoms with van der Waals surface area (Å²) in [5, 5.41) is -0.517. The first kappa shape index (κ1) is 18.3. The molecule has 1 fully saturated rings. The van der Waals surface area contributed by atoms with Crippen molar-refractivity contribution < 1.29 is 28.6 Å². The van der Waals surface area contributed by atoms with Crippen LogP contribution in [0.5, 0.6) is 11.5 Å². The van der Waals surface area contributed by atoms with Gasteiger partial charge in [-0.1, -0.05) is 0 Å². The second kappa shape index (κ2) is 7.71. The standard InChI is InChI=1S/C15H14BrNO6S/c1-21-10-5-8(4-9(16)13(10)23-3)6-11-14(19)17(15(20)24-11)7-12(18)22-2/h4-6H,7H2,1-3H3/b11-6+. The van der Waals surface area contributed by atoms with Crippen molar-refractivity contribution in [2.75, 3.05) is 27.9 Å². The normalized spacial score (nSPS) is 15.8. The van der Waals surface area contributed by atoms with Crippen molar-refractivity contribution in [2.24, 2.45) is 0 Å². The van der Waals surface area contributed by atoms with Gasteiger partial charge in [0.1, 0.15) is 6.54 Å². The van der Waals surface area contributed by atoms with Gasteiger partial charge in [0, 0.05) is 0 Å². The molecule has 7 nitrogen and oxygen atoms in total. The highest BCUT2D eigenvalue weighted by Crippen LogP contribution is 2.38. The highest BCUT2D eigenvalue weighted by molar-refractivity contribution is 9.10. The lowest BCUT2D eigenvalue weighted by Gasteiger charge is -2.11. The summed E-state index contributed by atoms with van der Waals surface area (Å²) in [4.78, 5) is 36.5. The molecule has 0 aliphatic carbocycles. The van der Waals surface area contributed by atoms with Gasteiger partial charge in [-0.2, -0.15) is 0 Å². The molecule has 1 aromatic rings. The fourth-order valence-electron chi connectivity index (χ4n) is 2.00. The number of carbonyl (C=O) groups is 3. The molecular formula is C15H14BrNO6S. The van der Waals surface area contributed by atoms with E-state index >= 15 is 0 Å². The van der Waals surface area contributed by atoms with Crippen LogP contribution >= 0.6 is 27.7 Å². The monoisotopic (exact) mass is 415 g/mol. The molecule has 0 saturated carbocycles. The number of imide groups is 1. The minimum absolute atomic E-state index is 0.211. The molecule has 0 unspecified atom stereocenters. The lowest BCUT2D eigenvalue weighted by molar-refractivity contribution is -0.143. The first-order chi connectivity index (χ1) is 11.4. The molecule has 1 aromatic carbocycles. The maximum absolute atomic E-state index is 12.3. The summed E-state index contributed by atoms with van der Waals surface area (Å²) in [5.74, 6) is -0.200. The van der Waals surface area contributed by atoms with E-state index in [0.29, 0.717) is 21.5 Å². The summed E-state index contributed by atoms with van der Waals surface area (Å²) in [5.41, 5.74) is 0.642. The highest BCUT2D eigenvalue weighted by Gasteiger charge is 2.36. The Morgan fingerprint density at radius 1 is 1.25 bits per heavy atom. The van der Waals surface area contributed by atoms with Crippen molar-refractivity contribution in [3.05, 3.63) is 27.1 Å². The van der Waals surface area contributed by atoms with Crippen LogP contribution < -0.4 is 9.47 Å². The number of halogens is 1. The summed E-state index contributed by atoms with van der Waals surface area (Å²) < 4.78 is 15.6. The largest absolute Gasteiger partial charge is 0.493 e. The van der Waals surface area contributed by atoms with E-state index in [0.717, 1.165) is 16.7 Å². The zero-order valence-corrected chi connectivity index (χ0v) is 15.5. The Morgan fingerprint density at radius 3 is 2.54 bits per heavy atom. The SMILES string of the molecule is COC(=O)CN1C(=O)S/C(=C/c2cc(Br)c(OC)c(OC)c2)C1=O. The fourth-order valence-corrected chi connectivity index (χ4v) is 3.46. The number of ether oxygens (including phenoxy) is 3. The Morgan fingerprint density at radius 2 is 1.96 bits per heavy atom. The van der Waals surface area contributed by atoms with Crippen molar-refractivity contribution in [1.82, 2.24) is 4.90 Å². The molecule has 128 valence electrons. The molecule has 2 rings (SSSR count). The van der Waals surface area contributed by atoms with E-state index < -0.39 is 23.7 Å². The van der Waals surface area contributed by atoms with Crippen LogP contribution in [-0.4, -0.2) is 49.9 Å². The second-order valence-electron chi connectivity index (χ2n) is 4.58. The number of nitrogens with zero attached hydrogens (tertiary/aromatic N) is 1. The minimum Gasteiger partial charge on any atom is -0.493 e. The highest BCUT2D eigenvalue weighted by atomic mass is 79.9. The van der Waals surface area contributed by atoms with Crippen molar-refractivity contribution >= 4 is 50.9 Å². The van der Waals surface area contributed by atoms with Crippen LogP contribution in [0.2, 0.25) is 0 Å². The van der Waals surface area contributed by atoms with E-state index in [9.17, 15) is 14.4 Å². The van der Waals surface area contributed by atoms with Gasteiger partial charge in [-0.25, -0.2) is 0 Å². The van der Waals surface area contributed by atoms with E-state index in [-0.39, 0.29) is 4.91 Å². The predicted molar refractivity (Wildman–Crippen MR) is 91.9 cm³/mol. The van der Waals surface area contributed by atoms with Gasteiger partial charge in [0.15, 0.2) is 11.5 Å². The summed E-state index contributed by atoms with van der Waals surface area (Å²) >= 11 is 4.13. The molecule has 0 aromatic heterocycles. The van der Waals surface area contributed by atoms with E-state index in [1.54, 1.807) is 18.2 Å². The zero-order chi connectivity index (χ0) is 17.9. The first-order valence-electron chi connectivity index (χ1n) is 6.65. The molecule has 24 heavy (non-hydrogen) atoms. The number of rotatable bonds is 5. The Kier molecular flexibility index (Phi) is 5.89. The molecule has 2 amide bonds. The summed E-state index contributed by atoms with van der Waals surface area (Å²) in [6.45, 7) is -0.409. The van der Waals surface area contributed by atoms with Crippen molar-refractivity contribution in [3.8, 4) is 11.5 Å². The summed E-state index contributed by atoms with van der Waals surface area (Å²) in [6, 6.07) is 3.41. The van der Waals surface area contributed by atoms with Crippen molar-refractivity contribution in [2.45, 2.75) is 0 Å². The van der Waals surface area contributed by atoms with Crippen LogP contribution in [0.4, 0.5) is 4.79 Å². The number of thioether (sulfide) groups is 1. The number of carbonyl (C=O) groups excluding carboxylic acids is 3. The van der Waals surface area contributed by atoms with Gasteiger partial charge >= 0.3 is 5.97 Å². The minimum atomic E-state index is -0.660. The molecule has 0 N–H and O–H groups in total. The van der Waals surface area contributed by atoms with Crippen LogP contribution in [0.1, 0.15) is 5.56 Å². The van der Waals surface area contributed by atoms with Gasteiger partial charge in [0.05, 0.1) is 30.7 Å². The molecule has 1 heterocycles. The zero-order valence-electron chi connectivity index (χ0n) is 13.1. The van der Waals surface area contributed by atoms with Crippen LogP contribution in [0, 0.1) is 0 Å². The number of methoxy groups -OCH3 is 3. The molecule has 0 radical (unpaired) electrons. The lowest BCUT2D eigenvalue weighted by atomic mass is 10.2. The third-order valence-electron chi connectivity index (χ3n) is 3.14. The van der Waals surface area contributed by atoms with Crippen LogP contribution in [0.15, 0.2) is 21.5 Å². The lowest BCUT2D eigenvalue weighted by Crippen LogP contribution is -2.34. The Balaban J connectivity index is 2.32. The molecule has 0 spiro atoms. The number of amides is 2. The van der Waals surface area contributed by atoms with Crippen molar-refractivity contribution in [1.29, 1.82) is 0 Å². The molecule has 0 atom stereocenters. The van der Waals surface area contributed by atoms with E-state index in [4.69, 9.17) is 9.47 Å². The van der Waals surface area contributed by atoms with Gasteiger partial charge in [-0.3, -0.25) is 19.3 Å². The predicted octanol–water partition coefficient (Wildman–Crippen LogP) is 2.68. The number of benzene rings is 1. The van der Waals surface area contributed by atoms with Gasteiger partial charge < -0.3 is 14.2 Å². The van der Waals surface area contributed by atoms with Crippen LogP contribution in [0.3, 0.4) is 0 Å². The maximum atomic E-state index is 12.3. The number of esters is 1. The van der Waals surface area contributed by atoms with Gasteiger partial charge in [0.2, 0.25) is 0 Å². The Hall–Kier alpha value is -2.00. The second-order valence-corrected chi connectivity index (χ2v) is 6.43. The number of hydrogen-bond donors (Lipinski definition) is 0. The van der Waals surface area contributed by atoms with E-state index in [1.165, 1.54) is 21.3 Å². The molecular weight excluding hydrogens is 402 g/mol. The first-order valence-corrected chi connectivity index (χ1v) is 8.26. The van der Waals surface area contributed by atoms with E-state index in [1.807, 2.05) is 0 Å². The molecule has 9 heteroatoms. The third kappa shape index (κ3) is 3.73. The third-order valence-corrected chi connectivity index (χ3v) is 4.64. The Bertz CT molecular complexity index is 733. The summed E-state index contributed by atoms with van der Waals surface area (Å²) in [7, 11) is 4.21. The summed E-state index contributed by atoms with van der Waals surface area (Å²) in [6.07, 6.45) is 1.55. The smallest absolute Gasteiger partial charge is 0.325 e. The molecule has 1 saturated heterocycles. The van der Waals surface area contributed by atoms with E-state index in [2.05, 4.69) is 20.7 Å².